The Bertz CT molecular complexity index is 1150. The summed E-state index contributed by atoms with van der Waals surface area (Å²) < 4.78 is 51.7. The number of benzene rings is 1. The summed E-state index contributed by atoms with van der Waals surface area (Å²) in [6, 6.07) is 9.47. The molecule has 2 N–H and O–H groups in total. The molecule has 1 aliphatic heterocycles. The number of hydrogen-bond acceptors (Lipinski definition) is 7. The second-order valence-corrected chi connectivity index (χ2v) is 7.49. The van der Waals surface area contributed by atoms with E-state index in [1.54, 1.807) is 12.1 Å². The van der Waals surface area contributed by atoms with E-state index in [9.17, 15) is 22.8 Å². The molecule has 7 nitrogen and oxygen atoms in total. The van der Waals surface area contributed by atoms with Crippen molar-refractivity contribution in [1.82, 2.24) is 19.9 Å². The highest BCUT2D eigenvalue weighted by atomic mass is 19.4. The first kappa shape index (κ1) is 22.4. The second kappa shape index (κ2) is 8.99. The zero-order valence-electron chi connectivity index (χ0n) is 17.3. The van der Waals surface area contributed by atoms with Crippen molar-refractivity contribution in [2.45, 2.75) is 12.2 Å². The molecule has 4 rings (SSSR count). The molecule has 11 heteroatoms. The van der Waals surface area contributed by atoms with E-state index in [-0.39, 0.29) is 11.6 Å². The lowest BCUT2D eigenvalue weighted by molar-refractivity contribution is -0.141. The van der Waals surface area contributed by atoms with E-state index < -0.39 is 17.9 Å². The molecular formula is C22H19F4N7. The predicted octanol–water partition coefficient (Wildman–Crippen LogP) is 3.67. The molecule has 1 aromatic carbocycles. The van der Waals surface area contributed by atoms with Gasteiger partial charge in [-0.1, -0.05) is 18.2 Å². The van der Waals surface area contributed by atoms with Gasteiger partial charge < -0.3 is 10.6 Å². The molecule has 1 saturated heterocycles. The van der Waals surface area contributed by atoms with Gasteiger partial charge in [0.1, 0.15) is 35.5 Å². The van der Waals surface area contributed by atoms with Gasteiger partial charge in [-0.05, 0) is 23.8 Å². The molecule has 0 radical (unpaired) electrons. The standard InChI is InChI=1S/C22H19F4N7/c23-16-4-1-14(2-5-16)19-20(28)30-13-31-21(19)33-9-7-32(8-10-33)17(11-27)15-3-6-18(29-12-15)22(24,25)26/h1-6,12-13,17H,7-10H2,(H2,28,30,31). The lowest BCUT2D eigenvalue weighted by Gasteiger charge is -2.38. The molecule has 33 heavy (non-hydrogen) atoms. The van der Waals surface area contributed by atoms with Gasteiger partial charge in [-0.15, -0.1) is 0 Å². The Kier molecular flexibility index (Phi) is 6.11. The van der Waals surface area contributed by atoms with E-state index in [1.807, 2.05) is 9.80 Å². The van der Waals surface area contributed by atoms with Gasteiger partial charge in [-0.2, -0.15) is 18.4 Å². The van der Waals surface area contributed by atoms with Crippen LogP contribution in [0, 0.1) is 17.1 Å². The number of nitrogens with two attached hydrogens (primary N) is 1. The third kappa shape index (κ3) is 4.70. The summed E-state index contributed by atoms with van der Waals surface area (Å²) in [6.07, 6.45) is -2.08. The van der Waals surface area contributed by atoms with E-state index >= 15 is 0 Å². The van der Waals surface area contributed by atoms with Crippen molar-refractivity contribution in [2.75, 3.05) is 36.8 Å². The van der Waals surface area contributed by atoms with Crippen LogP contribution in [0.3, 0.4) is 0 Å². The van der Waals surface area contributed by atoms with Crippen LogP contribution in [0.2, 0.25) is 0 Å². The Labute approximate surface area is 187 Å². The van der Waals surface area contributed by atoms with Gasteiger partial charge in [0.15, 0.2) is 0 Å². The SMILES string of the molecule is N#CC(c1ccc(C(F)(F)F)nc1)N1CCN(c2ncnc(N)c2-c2ccc(F)cc2)CC1. The monoisotopic (exact) mass is 457 g/mol. The largest absolute Gasteiger partial charge is 0.433 e. The molecule has 0 saturated carbocycles. The van der Waals surface area contributed by atoms with Crippen LogP contribution in [0.5, 0.6) is 0 Å². The topological polar surface area (TPSA) is 95.0 Å². The number of halogens is 4. The smallest absolute Gasteiger partial charge is 0.383 e. The summed E-state index contributed by atoms with van der Waals surface area (Å²) in [6.45, 7) is 1.92. The zero-order chi connectivity index (χ0) is 23.6. The molecule has 3 aromatic rings. The highest BCUT2D eigenvalue weighted by molar-refractivity contribution is 5.84. The quantitative estimate of drug-likeness (QED) is 0.598. The maximum absolute atomic E-state index is 13.4. The minimum Gasteiger partial charge on any atom is -0.383 e. The average Bonchev–Trinajstić information content (AvgIpc) is 2.80. The van der Waals surface area contributed by atoms with Gasteiger partial charge in [0.05, 0.1) is 11.6 Å². The van der Waals surface area contributed by atoms with Crippen LogP contribution in [0.4, 0.5) is 29.2 Å². The third-order valence-corrected chi connectivity index (χ3v) is 5.48. The molecule has 1 atom stereocenters. The van der Waals surface area contributed by atoms with Gasteiger partial charge in [0.2, 0.25) is 0 Å². The summed E-state index contributed by atoms with van der Waals surface area (Å²) in [5.74, 6) is 0.489. The Balaban J connectivity index is 1.52. The summed E-state index contributed by atoms with van der Waals surface area (Å²) in [5, 5.41) is 9.67. The lowest BCUT2D eigenvalue weighted by atomic mass is 10.0. The van der Waals surface area contributed by atoms with Gasteiger partial charge in [-0.25, -0.2) is 14.4 Å². The highest BCUT2D eigenvalue weighted by Gasteiger charge is 2.33. The summed E-state index contributed by atoms with van der Waals surface area (Å²) in [4.78, 5) is 15.8. The Hall–Kier alpha value is -3.78. The minimum absolute atomic E-state index is 0.264. The van der Waals surface area contributed by atoms with Crippen molar-refractivity contribution in [1.29, 1.82) is 5.26 Å². The van der Waals surface area contributed by atoms with Crippen molar-refractivity contribution >= 4 is 11.6 Å². The summed E-state index contributed by atoms with van der Waals surface area (Å²) in [5.41, 5.74) is 6.78. The number of nitrogens with zero attached hydrogens (tertiary/aromatic N) is 6. The van der Waals surface area contributed by atoms with Gasteiger partial charge >= 0.3 is 6.18 Å². The lowest BCUT2D eigenvalue weighted by Crippen LogP contribution is -2.48. The maximum Gasteiger partial charge on any atom is 0.433 e. The first-order chi connectivity index (χ1) is 15.8. The summed E-state index contributed by atoms with van der Waals surface area (Å²) in [7, 11) is 0. The minimum atomic E-state index is -4.53. The van der Waals surface area contributed by atoms with Crippen molar-refractivity contribution in [3.8, 4) is 17.2 Å². The van der Waals surface area contributed by atoms with E-state index in [2.05, 4.69) is 21.0 Å². The van der Waals surface area contributed by atoms with Crippen molar-refractivity contribution in [3.05, 3.63) is 66.0 Å². The van der Waals surface area contributed by atoms with Crippen LogP contribution in [0.15, 0.2) is 48.9 Å². The first-order valence-electron chi connectivity index (χ1n) is 10.1. The van der Waals surface area contributed by atoms with E-state index in [4.69, 9.17) is 5.73 Å². The van der Waals surface area contributed by atoms with Crippen LogP contribution in [0.25, 0.3) is 11.1 Å². The molecule has 170 valence electrons. The molecular weight excluding hydrogens is 438 g/mol. The van der Waals surface area contributed by atoms with Gasteiger partial charge in [-0.3, -0.25) is 9.88 Å². The Morgan fingerprint density at radius 1 is 0.970 bits per heavy atom. The fourth-order valence-electron chi connectivity index (χ4n) is 3.82. The molecule has 1 fully saturated rings. The Morgan fingerprint density at radius 3 is 2.24 bits per heavy atom. The number of nitrogen functional groups attached to an aromatic ring is 1. The molecule has 0 aliphatic carbocycles. The molecule has 0 spiro atoms. The normalized spacial score (nSPS) is 15.8. The fraction of sp³-hybridized carbons (Fsp3) is 0.273. The number of rotatable bonds is 4. The van der Waals surface area contributed by atoms with Crippen molar-refractivity contribution in [2.24, 2.45) is 0 Å². The number of pyridine rings is 1. The van der Waals surface area contributed by atoms with Crippen LogP contribution in [0.1, 0.15) is 17.3 Å². The van der Waals surface area contributed by atoms with Gasteiger partial charge in [0.25, 0.3) is 0 Å². The van der Waals surface area contributed by atoms with Crippen molar-refractivity contribution < 1.29 is 17.6 Å². The number of nitriles is 1. The molecule has 0 bridgehead atoms. The average molecular weight is 457 g/mol. The van der Waals surface area contributed by atoms with E-state index in [0.717, 1.165) is 12.3 Å². The number of piperazine rings is 1. The number of hydrogen-bond donors (Lipinski definition) is 1. The molecule has 1 aliphatic rings. The number of alkyl halides is 3. The molecule has 3 heterocycles. The molecule has 2 aromatic heterocycles. The predicted molar refractivity (Wildman–Crippen MR) is 113 cm³/mol. The molecule has 0 amide bonds. The van der Waals surface area contributed by atoms with Crippen LogP contribution in [-0.2, 0) is 6.18 Å². The fourth-order valence-corrected chi connectivity index (χ4v) is 3.82. The van der Waals surface area contributed by atoms with E-state index in [1.165, 1.54) is 24.5 Å². The van der Waals surface area contributed by atoms with Crippen LogP contribution < -0.4 is 10.6 Å². The van der Waals surface area contributed by atoms with Crippen LogP contribution >= 0.6 is 0 Å². The summed E-state index contributed by atoms with van der Waals surface area (Å²) >= 11 is 0. The first-order valence-corrected chi connectivity index (χ1v) is 10.1. The number of anilines is 2. The Morgan fingerprint density at radius 2 is 1.67 bits per heavy atom. The highest BCUT2D eigenvalue weighted by Crippen LogP contribution is 2.34. The molecule has 1 unspecified atom stereocenters. The van der Waals surface area contributed by atoms with Gasteiger partial charge in [0, 0.05) is 37.9 Å². The third-order valence-electron chi connectivity index (χ3n) is 5.48. The maximum atomic E-state index is 13.4. The number of aromatic nitrogens is 3. The van der Waals surface area contributed by atoms with Crippen LogP contribution in [-0.4, -0.2) is 46.0 Å². The van der Waals surface area contributed by atoms with E-state index in [0.29, 0.717) is 48.7 Å². The van der Waals surface area contributed by atoms with Crippen molar-refractivity contribution in [3.63, 3.8) is 0 Å². The zero-order valence-corrected chi connectivity index (χ0v) is 17.3. The second-order valence-electron chi connectivity index (χ2n) is 7.49.